The van der Waals surface area contributed by atoms with E-state index in [1.807, 2.05) is 0 Å². The number of hydrogen-bond acceptors (Lipinski definition) is 7. The second-order valence-electron chi connectivity index (χ2n) is 7.07. The van der Waals surface area contributed by atoms with Gasteiger partial charge in [-0.3, -0.25) is 4.79 Å². The number of rotatable bonds is 4. The van der Waals surface area contributed by atoms with Crippen LogP contribution in [0.5, 0.6) is 5.88 Å². The predicted octanol–water partition coefficient (Wildman–Crippen LogP) is 1.96. The number of carbonyl (C=O) groups is 3. The Balaban J connectivity index is 2.20. The highest BCUT2D eigenvalue weighted by Gasteiger charge is 2.48. The molecule has 1 unspecified atom stereocenters. The van der Waals surface area contributed by atoms with Crippen molar-refractivity contribution >= 4 is 18.0 Å². The molecule has 2 heterocycles. The molecule has 2 atom stereocenters. The lowest BCUT2D eigenvalue weighted by Crippen LogP contribution is -2.46. The lowest BCUT2D eigenvalue weighted by molar-refractivity contribution is -0.148. The molecule has 2 rings (SSSR count). The highest BCUT2D eigenvalue weighted by atomic mass is 16.6. The van der Waals surface area contributed by atoms with Crippen molar-refractivity contribution in [3.63, 3.8) is 0 Å². The molecule has 0 saturated carbocycles. The summed E-state index contributed by atoms with van der Waals surface area (Å²) >= 11 is 0. The normalized spacial score (nSPS) is 20.0. The largest absolute Gasteiger partial charge is 0.481 e. The Bertz CT molecular complexity index is 680. The van der Waals surface area contributed by atoms with E-state index < -0.39 is 35.5 Å². The van der Waals surface area contributed by atoms with Gasteiger partial charge >= 0.3 is 12.1 Å². The number of esters is 1. The molecule has 1 aromatic rings. The summed E-state index contributed by atoms with van der Waals surface area (Å²) in [6.07, 6.45) is 1.29. The van der Waals surface area contributed by atoms with E-state index in [0.29, 0.717) is 12.3 Å². The summed E-state index contributed by atoms with van der Waals surface area (Å²) in [6, 6.07) is 2.50. The molecule has 0 spiro atoms. The number of nitrogens with zero attached hydrogens (tertiary/aromatic N) is 2. The van der Waals surface area contributed by atoms with E-state index in [0.717, 1.165) is 10.5 Å². The van der Waals surface area contributed by atoms with Gasteiger partial charge in [-0.05, 0) is 39.2 Å². The smallest absolute Gasteiger partial charge is 0.417 e. The maximum absolute atomic E-state index is 12.8. The average Bonchev–Trinajstić information content (AvgIpc) is 2.90. The van der Waals surface area contributed by atoms with E-state index >= 15 is 0 Å². The van der Waals surface area contributed by atoms with Crippen LogP contribution in [-0.2, 0) is 25.5 Å². The number of aromatic nitrogens is 1. The Morgan fingerprint density at radius 2 is 1.96 bits per heavy atom. The third-order valence-corrected chi connectivity index (χ3v) is 3.96. The first-order chi connectivity index (χ1) is 12.2. The summed E-state index contributed by atoms with van der Waals surface area (Å²) < 4.78 is 15.0. The van der Waals surface area contributed by atoms with Crippen molar-refractivity contribution in [2.45, 2.75) is 45.3 Å². The molecule has 0 aromatic carbocycles. The minimum Gasteiger partial charge on any atom is -0.481 e. The second kappa shape index (κ2) is 7.72. The van der Waals surface area contributed by atoms with Gasteiger partial charge in [0, 0.05) is 18.2 Å². The van der Waals surface area contributed by atoms with Crippen LogP contribution in [0.15, 0.2) is 18.3 Å². The maximum Gasteiger partial charge on any atom is 0.417 e. The fraction of sp³-hybridized carbons (Fsp3) is 0.556. The van der Waals surface area contributed by atoms with Crippen LogP contribution >= 0.6 is 0 Å². The van der Waals surface area contributed by atoms with E-state index in [1.54, 1.807) is 39.1 Å². The average molecular weight is 364 g/mol. The van der Waals surface area contributed by atoms with Crippen LogP contribution < -0.4 is 4.74 Å². The van der Waals surface area contributed by atoms with Crippen LogP contribution in [0.2, 0.25) is 0 Å². The van der Waals surface area contributed by atoms with Gasteiger partial charge in [0.15, 0.2) is 0 Å². The number of hydrogen-bond donors (Lipinski definition) is 0. The van der Waals surface area contributed by atoms with Crippen molar-refractivity contribution in [1.29, 1.82) is 0 Å². The summed E-state index contributed by atoms with van der Waals surface area (Å²) in [5, 5.41) is 0. The SMILES string of the molecule is COC(=O)[C@@H]1CC(Cc2ccc(OC)nc2)C(=O)N1C(=O)OC(C)(C)C. The number of likely N-dealkylation sites (tertiary alicyclic amines) is 1. The van der Waals surface area contributed by atoms with Crippen LogP contribution in [0.25, 0.3) is 0 Å². The third kappa shape index (κ3) is 4.50. The summed E-state index contributed by atoms with van der Waals surface area (Å²) in [6.45, 7) is 5.08. The van der Waals surface area contributed by atoms with Gasteiger partial charge in [-0.2, -0.15) is 0 Å². The molecule has 2 amide bonds. The van der Waals surface area contributed by atoms with Crippen LogP contribution in [0, 0.1) is 5.92 Å². The molecular formula is C18H24N2O6. The number of ether oxygens (including phenoxy) is 3. The molecule has 1 aromatic heterocycles. The molecule has 1 saturated heterocycles. The molecule has 8 nitrogen and oxygen atoms in total. The monoisotopic (exact) mass is 364 g/mol. The molecule has 0 bridgehead atoms. The van der Waals surface area contributed by atoms with Gasteiger partial charge in [0.1, 0.15) is 11.6 Å². The van der Waals surface area contributed by atoms with Crippen molar-refractivity contribution in [2.24, 2.45) is 5.92 Å². The summed E-state index contributed by atoms with van der Waals surface area (Å²) in [4.78, 5) is 42.2. The van der Waals surface area contributed by atoms with Gasteiger partial charge in [0.2, 0.25) is 11.8 Å². The van der Waals surface area contributed by atoms with Crippen LogP contribution in [-0.4, -0.2) is 53.7 Å². The molecule has 26 heavy (non-hydrogen) atoms. The molecule has 0 aliphatic carbocycles. The number of carbonyl (C=O) groups excluding carboxylic acids is 3. The van der Waals surface area contributed by atoms with Crippen molar-refractivity contribution < 1.29 is 28.6 Å². The first-order valence-electron chi connectivity index (χ1n) is 8.29. The van der Waals surface area contributed by atoms with Crippen molar-refractivity contribution in [3.05, 3.63) is 23.9 Å². The Morgan fingerprint density at radius 3 is 2.46 bits per heavy atom. The van der Waals surface area contributed by atoms with Crippen molar-refractivity contribution in [1.82, 2.24) is 9.88 Å². The molecule has 1 fully saturated rings. The summed E-state index contributed by atoms with van der Waals surface area (Å²) in [5.41, 5.74) is 0.0227. The number of methoxy groups -OCH3 is 2. The van der Waals surface area contributed by atoms with Crippen molar-refractivity contribution in [3.8, 4) is 5.88 Å². The Kier molecular flexibility index (Phi) is 5.84. The highest BCUT2D eigenvalue weighted by Crippen LogP contribution is 2.30. The van der Waals surface area contributed by atoms with Crippen LogP contribution in [0.4, 0.5) is 4.79 Å². The van der Waals surface area contributed by atoms with Gasteiger partial charge in [-0.25, -0.2) is 19.5 Å². The van der Waals surface area contributed by atoms with E-state index in [4.69, 9.17) is 14.2 Å². The van der Waals surface area contributed by atoms with Gasteiger partial charge in [0.05, 0.1) is 14.2 Å². The van der Waals surface area contributed by atoms with Crippen LogP contribution in [0.3, 0.4) is 0 Å². The fourth-order valence-corrected chi connectivity index (χ4v) is 2.80. The minimum atomic E-state index is -0.987. The van der Waals surface area contributed by atoms with Crippen molar-refractivity contribution in [2.75, 3.05) is 14.2 Å². The first kappa shape index (κ1) is 19.7. The quantitative estimate of drug-likeness (QED) is 0.754. The number of pyridine rings is 1. The molecule has 0 radical (unpaired) electrons. The molecule has 1 aliphatic heterocycles. The molecule has 8 heteroatoms. The number of imide groups is 1. The minimum absolute atomic E-state index is 0.177. The Morgan fingerprint density at radius 1 is 1.27 bits per heavy atom. The fourth-order valence-electron chi connectivity index (χ4n) is 2.80. The molecule has 0 N–H and O–H groups in total. The lowest BCUT2D eigenvalue weighted by atomic mass is 9.97. The van der Waals surface area contributed by atoms with E-state index in [-0.39, 0.29) is 6.42 Å². The summed E-state index contributed by atoms with van der Waals surface area (Å²) in [5.74, 6) is -1.17. The van der Waals surface area contributed by atoms with E-state index in [2.05, 4.69) is 4.98 Å². The van der Waals surface area contributed by atoms with Gasteiger partial charge < -0.3 is 14.2 Å². The van der Waals surface area contributed by atoms with Gasteiger partial charge in [-0.1, -0.05) is 6.07 Å². The molecule has 1 aliphatic rings. The van der Waals surface area contributed by atoms with E-state index in [1.165, 1.54) is 14.2 Å². The lowest BCUT2D eigenvalue weighted by Gasteiger charge is -2.26. The number of amides is 2. The Labute approximate surface area is 152 Å². The molecular weight excluding hydrogens is 340 g/mol. The van der Waals surface area contributed by atoms with Gasteiger partial charge in [-0.15, -0.1) is 0 Å². The zero-order chi connectivity index (χ0) is 19.5. The predicted molar refractivity (Wildman–Crippen MR) is 91.5 cm³/mol. The first-order valence-corrected chi connectivity index (χ1v) is 8.29. The van der Waals surface area contributed by atoms with Crippen LogP contribution in [0.1, 0.15) is 32.8 Å². The zero-order valence-corrected chi connectivity index (χ0v) is 15.6. The van der Waals surface area contributed by atoms with E-state index in [9.17, 15) is 14.4 Å². The van der Waals surface area contributed by atoms with Gasteiger partial charge in [0.25, 0.3) is 0 Å². The topological polar surface area (TPSA) is 95.0 Å². The maximum atomic E-state index is 12.8. The zero-order valence-electron chi connectivity index (χ0n) is 15.6. The second-order valence-corrected chi connectivity index (χ2v) is 7.07. The Hall–Kier alpha value is -2.64. The highest BCUT2D eigenvalue weighted by molar-refractivity contribution is 6.00. The third-order valence-electron chi connectivity index (χ3n) is 3.96. The molecule has 142 valence electrons. The standard InChI is InChI=1S/C18H24N2O6/c1-18(2,3)26-17(23)20-13(16(22)25-5)9-12(15(20)21)8-11-6-7-14(24-4)19-10-11/h6-7,10,12-13H,8-9H2,1-5H3/t12?,13-/m0/s1. The summed E-state index contributed by atoms with van der Waals surface area (Å²) in [7, 11) is 2.74.